The highest BCUT2D eigenvalue weighted by atomic mass is 19.4. The SMILES string of the molecule is NC1CN(C(=O)c2ccc(OC(F)(F)F)cc2)C1. The fourth-order valence-corrected chi connectivity index (χ4v) is 1.66. The maximum absolute atomic E-state index is 11.9. The Bertz CT molecular complexity index is 439. The molecule has 0 bridgehead atoms. The van der Waals surface area contributed by atoms with Gasteiger partial charge in [0.1, 0.15) is 5.75 Å². The third kappa shape index (κ3) is 2.92. The van der Waals surface area contributed by atoms with Crippen molar-refractivity contribution in [1.29, 1.82) is 0 Å². The molecule has 0 unspecified atom stereocenters. The van der Waals surface area contributed by atoms with E-state index in [1.165, 1.54) is 17.0 Å². The Hall–Kier alpha value is -1.76. The summed E-state index contributed by atoms with van der Waals surface area (Å²) in [6.45, 7) is 0.944. The van der Waals surface area contributed by atoms with E-state index in [0.29, 0.717) is 18.7 Å². The first-order valence-corrected chi connectivity index (χ1v) is 5.26. The lowest BCUT2D eigenvalue weighted by Crippen LogP contribution is -2.57. The van der Waals surface area contributed by atoms with Crippen LogP contribution in [0.2, 0.25) is 0 Å². The predicted octanol–water partition coefficient (Wildman–Crippen LogP) is 1.37. The molecule has 0 saturated carbocycles. The van der Waals surface area contributed by atoms with Gasteiger partial charge in [0, 0.05) is 24.7 Å². The highest BCUT2D eigenvalue weighted by Gasteiger charge is 2.31. The van der Waals surface area contributed by atoms with Crippen molar-refractivity contribution in [3.8, 4) is 5.75 Å². The Morgan fingerprint density at radius 2 is 1.83 bits per heavy atom. The molecule has 2 rings (SSSR count). The molecule has 98 valence electrons. The van der Waals surface area contributed by atoms with Crippen LogP contribution in [0.25, 0.3) is 0 Å². The van der Waals surface area contributed by atoms with Gasteiger partial charge in [-0.1, -0.05) is 0 Å². The second kappa shape index (κ2) is 4.49. The Morgan fingerprint density at radius 1 is 1.28 bits per heavy atom. The normalized spacial score (nSPS) is 16.3. The number of amides is 1. The first-order chi connectivity index (χ1) is 8.35. The van der Waals surface area contributed by atoms with E-state index >= 15 is 0 Å². The van der Waals surface area contributed by atoms with Crippen LogP contribution in [0.5, 0.6) is 5.75 Å². The van der Waals surface area contributed by atoms with Gasteiger partial charge < -0.3 is 15.4 Å². The number of carbonyl (C=O) groups is 1. The number of benzene rings is 1. The topological polar surface area (TPSA) is 55.6 Å². The van der Waals surface area contributed by atoms with Crippen molar-refractivity contribution >= 4 is 5.91 Å². The van der Waals surface area contributed by atoms with Crippen molar-refractivity contribution in [2.75, 3.05) is 13.1 Å². The van der Waals surface area contributed by atoms with Crippen molar-refractivity contribution in [2.45, 2.75) is 12.4 Å². The Labute approximate surface area is 101 Å². The second-order valence-electron chi connectivity index (χ2n) is 4.04. The van der Waals surface area contributed by atoms with Crippen LogP contribution >= 0.6 is 0 Å². The van der Waals surface area contributed by atoms with Crippen molar-refractivity contribution in [3.63, 3.8) is 0 Å². The van der Waals surface area contributed by atoms with Gasteiger partial charge in [0.05, 0.1) is 0 Å². The van der Waals surface area contributed by atoms with E-state index in [9.17, 15) is 18.0 Å². The highest BCUT2D eigenvalue weighted by Crippen LogP contribution is 2.23. The number of hydrogen-bond donors (Lipinski definition) is 1. The summed E-state index contributed by atoms with van der Waals surface area (Å²) in [4.78, 5) is 13.3. The molecule has 1 fully saturated rings. The van der Waals surface area contributed by atoms with E-state index in [2.05, 4.69) is 4.74 Å². The van der Waals surface area contributed by atoms with Crippen LogP contribution in [0.4, 0.5) is 13.2 Å². The zero-order valence-corrected chi connectivity index (χ0v) is 9.28. The zero-order chi connectivity index (χ0) is 13.3. The number of carbonyl (C=O) groups excluding carboxylic acids is 1. The minimum atomic E-state index is -4.73. The second-order valence-corrected chi connectivity index (χ2v) is 4.04. The van der Waals surface area contributed by atoms with Gasteiger partial charge in [-0.25, -0.2) is 0 Å². The Morgan fingerprint density at radius 3 is 2.28 bits per heavy atom. The van der Waals surface area contributed by atoms with Gasteiger partial charge >= 0.3 is 6.36 Å². The molecule has 0 spiro atoms. The molecular weight excluding hydrogens is 249 g/mol. The van der Waals surface area contributed by atoms with Crippen LogP contribution in [-0.2, 0) is 0 Å². The van der Waals surface area contributed by atoms with Gasteiger partial charge in [0.2, 0.25) is 0 Å². The molecule has 1 aliphatic heterocycles. The van der Waals surface area contributed by atoms with Gasteiger partial charge in [-0.3, -0.25) is 4.79 Å². The van der Waals surface area contributed by atoms with Crippen LogP contribution in [0.1, 0.15) is 10.4 Å². The molecule has 18 heavy (non-hydrogen) atoms. The standard InChI is InChI=1S/C11H11F3N2O2/c12-11(13,14)18-9-3-1-7(2-4-9)10(17)16-5-8(15)6-16/h1-4,8H,5-6,15H2. The Balaban J connectivity index is 2.01. The summed E-state index contributed by atoms with van der Waals surface area (Å²) >= 11 is 0. The van der Waals surface area contributed by atoms with E-state index < -0.39 is 6.36 Å². The molecule has 1 aromatic carbocycles. The molecule has 7 heteroatoms. The fourth-order valence-electron chi connectivity index (χ4n) is 1.66. The lowest BCUT2D eigenvalue weighted by Gasteiger charge is -2.36. The molecule has 1 aromatic rings. The number of hydrogen-bond acceptors (Lipinski definition) is 3. The molecule has 0 radical (unpaired) electrons. The number of halogens is 3. The van der Waals surface area contributed by atoms with Gasteiger partial charge in [-0.15, -0.1) is 13.2 Å². The highest BCUT2D eigenvalue weighted by molar-refractivity contribution is 5.94. The maximum atomic E-state index is 11.9. The maximum Gasteiger partial charge on any atom is 0.573 e. The lowest BCUT2D eigenvalue weighted by molar-refractivity contribution is -0.274. The van der Waals surface area contributed by atoms with Crippen LogP contribution in [0, 0.1) is 0 Å². The van der Waals surface area contributed by atoms with Crippen molar-refractivity contribution in [1.82, 2.24) is 4.90 Å². The smallest absolute Gasteiger partial charge is 0.406 e. The average molecular weight is 260 g/mol. The summed E-state index contributed by atoms with van der Waals surface area (Å²) in [7, 11) is 0. The van der Waals surface area contributed by atoms with Crippen LogP contribution < -0.4 is 10.5 Å². The van der Waals surface area contributed by atoms with Crippen LogP contribution in [0.15, 0.2) is 24.3 Å². The predicted molar refractivity (Wildman–Crippen MR) is 57.0 cm³/mol. The fraction of sp³-hybridized carbons (Fsp3) is 0.364. The zero-order valence-electron chi connectivity index (χ0n) is 9.28. The number of nitrogens with two attached hydrogens (primary N) is 1. The molecule has 0 aliphatic carbocycles. The van der Waals surface area contributed by atoms with E-state index in [-0.39, 0.29) is 17.7 Å². The number of alkyl halides is 3. The molecule has 2 N–H and O–H groups in total. The monoisotopic (exact) mass is 260 g/mol. The third-order valence-electron chi connectivity index (χ3n) is 2.53. The van der Waals surface area contributed by atoms with E-state index in [1.807, 2.05) is 0 Å². The quantitative estimate of drug-likeness (QED) is 0.873. The van der Waals surface area contributed by atoms with E-state index in [4.69, 9.17) is 5.73 Å². The van der Waals surface area contributed by atoms with E-state index in [1.54, 1.807) is 0 Å². The summed E-state index contributed by atoms with van der Waals surface area (Å²) in [5.74, 6) is -0.588. The largest absolute Gasteiger partial charge is 0.573 e. The van der Waals surface area contributed by atoms with Gasteiger partial charge in [0.25, 0.3) is 5.91 Å². The lowest BCUT2D eigenvalue weighted by atomic mass is 10.1. The molecule has 1 saturated heterocycles. The van der Waals surface area contributed by atoms with Crippen molar-refractivity contribution in [2.24, 2.45) is 5.73 Å². The Kier molecular flexibility index (Phi) is 3.16. The minimum Gasteiger partial charge on any atom is -0.406 e. The molecule has 4 nitrogen and oxygen atoms in total. The first kappa shape index (κ1) is 12.7. The van der Waals surface area contributed by atoms with Crippen LogP contribution in [0.3, 0.4) is 0 Å². The summed E-state index contributed by atoms with van der Waals surface area (Å²) in [5, 5.41) is 0. The molecule has 1 aliphatic rings. The third-order valence-corrected chi connectivity index (χ3v) is 2.53. The molecule has 1 amide bonds. The van der Waals surface area contributed by atoms with Crippen molar-refractivity contribution < 1.29 is 22.7 Å². The minimum absolute atomic E-state index is 0.0122. The summed E-state index contributed by atoms with van der Waals surface area (Å²) < 4.78 is 39.5. The molecule has 0 aromatic heterocycles. The molecule has 0 atom stereocenters. The van der Waals surface area contributed by atoms with Gasteiger partial charge in [-0.05, 0) is 24.3 Å². The van der Waals surface area contributed by atoms with Crippen LogP contribution in [-0.4, -0.2) is 36.3 Å². The summed E-state index contributed by atoms with van der Waals surface area (Å²) in [6.07, 6.45) is -4.73. The van der Waals surface area contributed by atoms with Gasteiger partial charge in [-0.2, -0.15) is 0 Å². The molecule has 1 heterocycles. The summed E-state index contributed by atoms with van der Waals surface area (Å²) in [6, 6.07) is 4.81. The number of likely N-dealkylation sites (tertiary alicyclic amines) is 1. The molecular formula is C11H11F3N2O2. The van der Waals surface area contributed by atoms with E-state index in [0.717, 1.165) is 12.1 Å². The number of rotatable bonds is 2. The summed E-state index contributed by atoms with van der Waals surface area (Å²) in [5.41, 5.74) is 5.86. The number of nitrogens with zero attached hydrogens (tertiary/aromatic N) is 1. The first-order valence-electron chi connectivity index (χ1n) is 5.26. The number of ether oxygens (including phenoxy) is 1. The average Bonchev–Trinajstić information content (AvgIpc) is 2.23. The van der Waals surface area contributed by atoms with Gasteiger partial charge in [0.15, 0.2) is 0 Å². The van der Waals surface area contributed by atoms with Crippen molar-refractivity contribution in [3.05, 3.63) is 29.8 Å².